The van der Waals surface area contributed by atoms with Crippen LogP contribution in [-0.4, -0.2) is 61.6 Å². The summed E-state index contributed by atoms with van der Waals surface area (Å²) in [5.41, 5.74) is 5.51. The van der Waals surface area contributed by atoms with Crippen LogP contribution in [0.25, 0.3) is 11.1 Å². The Hall–Kier alpha value is -4.21. The Labute approximate surface area is 233 Å². The second kappa shape index (κ2) is 14.3. The summed E-state index contributed by atoms with van der Waals surface area (Å²) in [6, 6.07) is 24.4. The highest BCUT2D eigenvalue weighted by molar-refractivity contribution is 5.84. The van der Waals surface area contributed by atoms with E-state index in [2.05, 4.69) is 34.9 Å². The summed E-state index contributed by atoms with van der Waals surface area (Å²) in [6.45, 7) is 2.52. The van der Waals surface area contributed by atoms with E-state index < -0.39 is 30.1 Å². The Kier molecular flexibility index (Phi) is 10.3. The molecule has 0 spiro atoms. The Balaban J connectivity index is 1.11. The molecule has 0 unspecified atom stereocenters. The maximum Gasteiger partial charge on any atom is 0.407 e. The molecule has 1 aliphatic rings. The molecule has 40 heavy (non-hydrogen) atoms. The summed E-state index contributed by atoms with van der Waals surface area (Å²) in [5.74, 6) is -1.66. The fourth-order valence-electron chi connectivity index (χ4n) is 4.67. The summed E-state index contributed by atoms with van der Waals surface area (Å²) in [5, 5.41) is 14.7. The van der Waals surface area contributed by atoms with Gasteiger partial charge in [0.1, 0.15) is 6.61 Å². The number of aliphatic carboxylic acids is 1. The van der Waals surface area contributed by atoms with Crippen molar-refractivity contribution in [1.29, 1.82) is 0 Å². The van der Waals surface area contributed by atoms with E-state index in [1.807, 2.05) is 54.6 Å². The van der Waals surface area contributed by atoms with E-state index in [1.165, 1.54) is 0 Å². The van der Waals surface area contributed by atoms with Crippen molar-refractivity contribution in [3.8, 4) is 11.1 Å². The Morgan fingerprint density at radius 3 is 2.15 bits per heavy atom. The molecule has 2 amide bonds. The van der Waals surface area contributed by atoms with E-state index in [0.717, 1.165) is 27.8 Å². The number of carboxylic acid groups (broad SMARTS) is 1. The number of ether oxygens (including phenoxy) is 3. The second-order valence-corrected chi connectivity index (χ2v) is 9.50. The van der Waals surface area contributed by atoms with Gasteiger partial charge in [-0.1, -0.05) is 78.9 Å². The van der Waals surface area contributed by atoms with Crippen molar-refractivity contribution in [3.63, 3.8) is 0 Å². The van der Waals surface area contributed by atoms with E-state index in [1.54, 1.807) is 6.92 Å². The molecular formula is C31H34N2O7. The molecule has 0 aromatic heterocycles. The topological polar surface area (TPSA) is 123 Å². The molecule has 9 nitrogen and oxygen atoms in total. The van der Waals surface area contributed by atoms with Crippen LogP contribution in [0.2, 0.25) is 0 Å². The lowest BCUT2D eigenvalue weighted by Crippen LogP contribution is -2.48. The standard InChI is InChI=1S/C31H34N2O7/c1-21(39-19-22-9-3-2-4-10-22)29(30(35)36)33-28(34)15-17-38-18-16-32-31(37)40-20-27-25-13-7-5-11-23(25)24-12-6-8-14-26(24)27/h2-14,21,27,29H,15-20H2,1H3,(H,32,37)(H,33,34)(H,35,36)/t21-,29+/m0/s1. The van der Waals surface area contributed by atoms with Gasteiger partial charge in [0, 0.05) is 18.9 Å². The summed E-state index contributed by atoms with van der Waals surface area (Å²) in [6.07, 6.45) is -1.30. The summed E-state index contributed by atoms with van der Waals surface area (Å²) >= 11 is 0. The average molecular weight is 547 g/mol. The van der Waals surface area contributed by atoms with E-state index in [9.17, 15) is 19.5 Å². The van der Waals surface area contributed by atoms with Crippen molar-refractivity contribution in [2.75, 3.05) is 26.4 Å². The number of rotatable bonds is 14. The average Bonchev–Trinajstić information content (AvgIpc) is 3.29. The predicted octanol–water partition coefficient (Wildman–Crippen LogP) is 4.11. The summed E-state index contributed by atoms with van der Waals surface area (Å²) < 4.78 is 16.5. The lowest BCUT2D eigenvalue weighted by atomic mass is 9.98. The van der Waals surface area contributed by atoms with Gasteiger partial charge in [-0.05, 0) is 34.7 Å². The third kappa shape index (κ3) is 7.68. The zero-order valence-corrected chi connectivity index (χ0v) is 22.4. The number of carbonyl (C=O) groups is 3. The SMILES string of the molecule is C[C@H](OCc1ccccc1)[C@@H](NC(=O)CCOCCNC(=O)OCC1c2ccccc2-c2ccccc21)C(=O)O. The van der Waals surface area contributed by atoms with Gasteiger partial charge in [0.25, 0.3) is 0 Å². The Morgan fingerprint density at radius 2 is 1.50 bits per heavy atom. The molecule has 4 rings (SSSR count). The zero-order valence-electron chi connectivity index (χ0n) is 22.4. The number of fused-ring (bicyclic) bond motifs is 3. The normalized spacial score (nSPS) is 13.5. The zero-order chi connectivity index (χ0) is 28.3. The van der Waals surface area contributed by atoms with Crippen molar-refractivity contribution < 1.29 is 33.7 Å². The van der Waals surface area contributed by atoms with Gasteiger partial charge in [-0.15, -0.1) is 0 Å². The number of carboxylic acids is 1. The molecule has 210 valence electrons. The first-order chi connectivity index (χ1) is 19.4. The molecule has 2 atom stereocenters. The van der Waals surface area contributed by atoms with Crippen molar-refractivity contribution in [2.45, 2.75) is 38.0 Å². The molecule has 0 fully saturated rings. The van der Waals surface area contributed by atoms with E-state index >= 15 is 0 Å². The number of carbonyl (C=O) groups excluding carboxylic acids is 2. The van der Waals surface area contributed by atoms with Crippen molar-refractivity contribution >= 4 is 18.0 Å². The first kappa shape index (κ1) is 28.8. The number of hydrogen-bond donors (Lipinski definition) is 3. The second-order valence-electron chi connectivity index (χ2n) is 9.50. The van der Waals surface area contributed by atoms with Crippen LogP contribution in [0.3, 0.4) is 0 Å². The van der Waals surface area contributed by atoms with Crippen LogP contribution in [0, 0.1) is 0 Å². The van der Waals surface area contributed by atoms with Crippen LogP contribution in [-0.2, 0) is 30.4 Å². The highest BCUT2D eigenvalue weighted by Gasteiger charge is 2.29. The first-order valence-corrected chi connectivity index (χ1v) is 13.3. The summed E-state index contributed by atoms with van der Waals surface area (Å²) in [4.78, 5) is 36.1. The van der Waals surface area contributed by atoms with Crippen LogP contribution in [0.4, 0.5) is 4.79 Å². The Morgan fingerprint density at radius 1 is 0.875 bits per heavy atom. The molecule has 0 saturated heterocycles. The van der Waals surface area contributed by atoms with Gasteiger partial charge >= 0.3 is 12.1 Å². The molecule has 0 radical (unpaired) electrons. The van der Waals surface area contributed by atoms with Crippen LogP contribution in [0.15, 0.2) is 78.9 Å². The van der Waals surface area contributed by atoms with Gasteiger partial charge in [-0.3, -0.25) is 4.79 Å². The molecule has 3 aromatic carbocycles. The highest BCUT2D eigenvalue weighted by Crippen LogP contribution is 2.44. The lowest BCUT2D eigenvalue weighted by Gasteiger charge is -2.22. The van der Waals surface area contributed by atoms with Gasteiger partial charge < -0.3 is 30.0 Å². The van der Waals surface area contributed by atoms with Crippen LogP contribution in [0.5, 0.6) is 0 Å². The number of alkyl carbamates (subject to hydrolysis) is 1. The molecule has 0 bridgehead atoms. The third-order valence-corrected chi connectivity index (χ3v) is 6.74. The van der Waals surface area contributed by atoms with Crippen molar-refractivity contribution in [3.05, 3.63) is 95.6 Å². The van der Waals surface area contributed by atoms with Crippen molar-refractivity contribution in [2.24, 2.45) is 0 Å². The Bertz CT molecular complexity index is 1250. The predicted molar refractivity (Wildman–Crippen MR) is 149 cm³/mol. The number of hydrogen-bond acceptors (Lipinski definition) is 6. The van der Waals surface area contributed by atoms with E-state index in [0.29, 0.717) is 0 Å². The van der Waals surface area contributed by atoms with Gasteiger partial charge in [0.15, 0.2) is 6.04 Å². The molecule has 3 aromatic rings. The van der Waals surface area contributed by atoms with Gasteiger partial charge in [0.05, 0.1) is 25.9 Å². The first-order valence-electron chi connectivity index (χ1n) is 13.3. The minimum Gasteiger partial charge on any atom is -0.480 e. The highest BCUT2D eigenvalue weighted by atomic mass is 16.5. The monoisotopic (exact) mass is 546 g/mol. The maximum absolute atomic E-state index is 12.3. The minimum atomic E-state index is -1.19. The molecule has 0 aliphatic heterocycles. The molecule has 0 heterocycles. The van der Waals surface area contributed by atoms with Crippen LogP contribution >= 0.6 is 0 Å². The van der Waals surface area contributed by atoms with Gasteiger partial charge in [-0.2, -0.15) is 0 Å². The number of benzene rings is 3. The van der Waals surface area contributed by atoms with Crippen molar-refractivity contribution in [1.82, 2.24) is 10.6 Å². The molecule has 0 saturated carbocycles. The molecule has 1 aliphatic carbocycles. The third-order valence-electron chi connectivity index (χ3n) is 6.74. The fourth-order valence-corrected chi connectivity index (χ4v) is 4.67. The lowest BCUT2D eigenvalue weighted by molar-refractivity contribution is -0.146. The maximum atomic E-state index is 12.3. The smallest absolute Gasteiger partial charge is 0.407 e. The molecule has 3 N–H and O–H groups in total. The van der Waals surface area contributed by atoms with Gasteiger partial charge in [-0.25, -0.2) is 9.59 Å². The van der Waals surface area contributed by atoms with Crippen LogP contribution < -0.4 is 10.6 Å². The molecular weight excluding hydrogens is 512 g/mol. The van der Waals surface area contributed by atoms with Crippen LogP contribution in [0.1, 0.15) is 36.0 Å². The number of amides is 2. The summed E-state index contributed by atoms with van der Waals surface area (Å²) in [7, 11) is 0. The largest absolute Gasteiger partial charge is 0.480 e. The number of nitrogens with one attached hydrogen (secondary N) is 2. The van der Waals surface area contributed by atoms with Gasteiger partial charge in [0.2, 0.25) is 5.91 Å². The minimum absolute atomic E-state index is 0.0194. The molecule has 9 heteroatoms. The van der Waals surface area contributed by atoms with E-state index in [4.69, 9.17) is 14.2 Å². The van der Waals surface area contributed by atoms with E-state index in [-0.39, 0.29) is 45.3 Å². The fraction of sp³-hybridized carbons (Fsp3) is 0.323. The quantitative estimate of drug-likeness (QED) is 0.260.